The zero-order valence-corrected chi connectivity index (χ0v) is 12.8. The standard InChI is InChI=1S/C18H13N3O3/c1-12(23-18(22)15-9-5-6-13(10-15)11-19)16-20-21-17(24-16)14-7-3-2-4-8-14/h2-10,12H,1H3/t12-/m0/s1. The van der Waals surface area contributed by atoms with E-state index in [0.717, 1.165) is 5.56 Å². The fourth-order valence-corrected chi connectivity index (χ4v) is 2.09. The number of nitriles is 1. The molecule has 118 valence electrons. The number of rotatable bonds is 4. The number of hydrogen-bond acceptors (Lipinski definition) is 6. The van der Waals surface area contributed by atoms with Gasteiger partial charge in [-0.05, 0) is 37.3 Å². The third kappa shape index (κ3) is 3.31. The highest BCUT2D eigenvalue weighted by atomic mass is 16.6. The molecule has 0 aliphatic carbocycles. The van der Waals surface area contributed by atoms with Gasteiger partial charge in [0, 0.05) is 5.56 Å². The Labute approximate surface area is 138 Å². The van der Waals surface area contributed by atoms with Crippen LogP contribution in [0.4, 0.5) is 0 Å². The quantitative estimate of drug-likeness (QED) is 0.683. The summed E-state index contributed by atoms with van der Waals surface area (Å²) in [6, 6.07) is 17.6. The predicted molar refractivity (Wildman–Crippen MR) is 84.7 cm³/mol. The highest BCUT2D eigenvalue weighted by molar-refractivity contribution is 5.89. The zero-order chi connectivity index (χ0) is 16.9. The second-order valence-corrected chi connectivity index (χ2v) is 5.05. The molecule has 0 radical (unpaired) electrons. The van der Waals surface area contributed by atoms with Gasteiger partial charge in [-0.1, -0.05) is 24.3 Å². The number of aromatic nitrogens is 2. The molecule has 1 heterocycles. The molecule has 0 saturated carbocycles. The summed E-state index contributed by atoms with van der Waals surface area (Å²) < 4.78 is 10.9. The van der Waals surface area contributed by atoms with E-state index in [-0.39, 0.29) is 5.89 Å². The molecule has 0 amide bonds. The Bertz CT molecular complexity index is 897. The van der Waals surface area contributed by atoms with Crippen molar-refractivity contribution in [2.45, 2.75) is 13.0 Å². The minimum atomic E-state index is -0.701. The summed E-state index contributed by atoms with van der Waals surface area (Å²) in [7, 11) is 0. The smallest absolute Gasteiger partial charge is 0.338 e. The Morgan fingerprint density at radius 2 is 1.96 bits per heavy atom. The number of carbonyl (C=O) groups excluding carboxylic acids is 1. The lowest BCUT2D eigenvalue weighted by Gasteiger charge is -2.09. The largest absolute Gasteiger partial charge is 0.449 e. The Kier molecular flexibility index (Phi) is 4.34. The monoisotopic (exact) mass is 319 g/mol. The number of benzene rings is 2. The van der Waals surface area contributed by atoms with E-state index in [9.17, 15) is 4.79 Å². The molecule has 0 N–H and O–H groups in total. The number of hydrogen-bond donors (Lipinski definition) is 0. The van der Waals surface area contributed by atoms with Gasteiger partial charge in [-0.15, -0.1) is 10.2 Å². The van der Waals surface area contributed by atoms with E-state index < -0.39 is 12.1 Å². The molecule has 0 bridgehead atoms. The number of carbonyl (C=O) groups is 1. The van der Waals surface area contributed by atoms with Crippen LogP contribution in [0.15, 0.2) is 59.0 Å². The Morgan fingerprint density at radius 3 is 2.71 bits per heavy atom. The van der Waals surface area contributed by atoms with Gasteiger partial charge in [0.05, 0.1) is 17.2 Å². The maximum Gasteiger partial charge on any atom is 0.338 e. The van der Waals surface area contributed by atoms with Crippen molar-refractivity contribution in [3.8, 4) is 17.5 Å². The van der Waals surface area contributed by atoms with Crippen molar-refractivity contribution in [3.63, 3.8) is 0 Å². The van der Waals surface area contributed by atoms with Crippen molar-refractivity contribution in [1.29, 1.82) is 5.26 Å². The van der Waals surface area contributed by atoms with Gasteiger partial charge in [-0.2, -0.15) is 5.26 Å². The average Bonchev–Trinajstić information content (AvgIpc) is 3.13. The number of esters is 1. The molecule has 0 saturated heterocycles. The first-order valence-corrected chi connectivity index (χ1v) is 7.27. The molecule has 24 heavy (non-hydrogen) atoms. The van der Waals surface area contributed by atoms with Gasteiger partial charge < -0.3 is 9.15 Å². The SMILES string of the molecule is C[C@H](OC(=O)c1cccc(C#N)c1)c1nnc(-c2ccccc2)o1. The number of nitrogens with zero attached hydrogens (tertiary/aromatic N) is 3. The lowest BCUT2D eigenvalue weighted by molar-refractivity contribution is 0.0280. The van der Waals surface area contributed by atoms with Crippen molar-refractivity contribution < 1.29 is 13.9 Å². The van der Waals surface area contributed by atoms with Gasteiger partial charge >= 0.3 is 5.97 Å². The van der Waals surface area contributed by atoms with Gasteiger partial charge in [0.25, 0.3) is 5.89 Å². The molecule has 1 aromatic heterocycles. The molecule has 0 aliphatic heterocycles. The molecule has 2 aromatic carbocycles. The molecular weight excluding hydrogens is 306 g/mol. The van der Waals surface area contributed by atoms with Crippen LogP contribution < -0.4 is 0 Å². The second kappa shape index (κ2) is 6.75. The molecule has 6 nitrogen and oxygen atoms in total. The number of ether oxygens (including phenoxy) is 1. The topological polar surface area (TPSA) is 89.0 Å². The molecule has 6 heteroatoms. The highest BCUT2D eigenvalue weighted by Crippen LogP contribution is 2.23. The summed E-state index contributed by atoms with van der Waals surface area (Å²) in [5, 5.41) is 16.8. The van der Waals surface area contributed by atoms with Gasteiger partial charge in [-0.3, -0.25) is 0 Å². The van der Waals surface area contributed by atoms with Gasteiger partial charge in [0.2, 0.25) is 5.89 Å². The summed E-state index contributed by atoms with van der Waals surface area (Å²) in [4.78, 5) is 12.2. The first-order valence-electron chi connectivity index (χ1n) is 7.27. The molecular formula is C18H13N3O3. The first kappa shape index (κ1) is 15.4. The van der Waals surface area contributed by atoms with Gasteiger partial charge in [0.1, 0.15) is 0 Å². The van der Waals surface area contributed by atoms with E-state index in [2.05, 4.69) is 10.2 Å². The predicted octanol–water partition coefficient (Wildman–Crippen LogP) is 3.53. The average molecular weight is 319 g/mol. The van der Waals surface area contributed by atoms with E-state index in [4.69, 9.17) is 14.4 Å². The van der Waals surface area contributed by atoms with Gasteiger partial charge in [0.15, 0.2) is 6.10 Å². The Morgan fingerprint density at radius 1 is 1.17 bits per heavy atom. The van der Waals surface area contributed by atoms with E-state index in [1.165, 1.54) is 6.07 Å². The molecule has 0 spiro atoms. The molecule has 1 atom stereocenters. The van der Waals surface area contributed by atoms with E-state index >= 15 is 0 Å². The molecule has 0 fully saturated rings. The van der Waals surface area contributed by atoms with Crippen LogP contribution in [0.2, 0.25) is 0 Å². The maximum atomic E-state index is 12.2. The normalized spacial score (nSPS) is 11.5. The first-order chi connectivity index (χ1) is 11.7. The van der Waals surface area contributed by atoms with Crippen molar-refractivity contribution in [2.75, 3.05) is 0 Å². The van der Waals surface area contributed by atoms with E-state index in [0.29, 0.717) is 17.0 Å². The van der Waals surface area contributed by atoms with Crippen LogP contribution in [0.25, 0.3) is 11.5 Å². The Balaban J connectivity index is 1.73. The maximum absolute atomic E-state index is 12.2. The van der Waals surface area contributed by atoms with Crippen LogP contribution in [0.3, 0.4) is 0 Å². The van der Waals surface area contributed by atoms with Crippen LogP contribution in [0.1, 0.15) is 34.8 Å². The summed E-state index contributed by atoms with van der Waals surface area (Å²) in [5.74, 6) is 0.0117. The third-order valence-corrected chi connectivity index (χ3v) is 3.32. The van der Waals surface area contributed by atoms with E-state index in [1.54, 1.807) is 25.1 Å². The van der Waals surface area contributed by atoms with Crippen LogP contribution in [-0.2, 0) is 4.74 Å². The van der Waals surface area contributed by atoms with Crippen LogP contribution in [0.5, 0.6) is 0 Å². The fraction of sp³-hybridized carbons (Fsp3) is 0.111. The summed E-state index contributed by atoms with van der Waals surface area (Å²) in [6.45, 7) is 1.65. The van der Waals surface area contributed by atoms with Crippen molar-refractivity contribution in [2.24, 2.45) is 0 Å². The lowest BCUT2D eigenvalue weighted by Crippen LogP contribution is -2.09. The van der Waals surface area contributed by atoms with Crippen molar-refractivity contribution in [3.05, 3.63) is 71.6 Å². The van der Waals surface area contributed by atoms with E-state index in [1.807, 2.05) is 36.4 Å². The summed E-state index contributed by atoms with van der Waals surface area (Å²) in [5.41, 5.74) is 1.47. The highest BCUT2D eigenvalue weighted by Gasteiger charge is 2.20. The zero-order valence-electron chi connectivity index (χ0n) is 12.8. The minimum absolute atomic E-state index is 0.207. The lowest BCUT2D eigenvalue weighted by atomic mass is 10.1. The summed E-state index contributed by atoms with van der Waals surface area (Å²) >= 11 is 0. The van der Waals surface area contributed by atoms with Gasteiger partial charge in [-0.25, -0.2) is 4.79 Å². The van der Waals surface area contributed by atoms with Crippen LogP contribution >= 0.6 is 0 Å². The fourth-order valence-electron chi connectivity index (χ4n) is 2.09. The molecule has 3 rings (SSSR count). The summed E-state index contributed by atoms with van der Waals surface area (Å²) in [6.07, 6.45) is -0.701. The van der Waals surface area contributed by atoms with Crippen LogP contribution in [0, 0.1) is 11.3 Å². The molecule has 0 unspecified atom stereocenters. The minimum Gasteiger partial charge on any atom is -0.449 e. The molecule has 3 aromatic rings. The Hall–Kier alpha value is -3.46. The van der Waals surface area contributed by atoms with Crippen molar-refractivity contribution in [1.82, 2.24) is 10.2 Å². The van der Waals surface area contributed by atoms with Crippen molar-refractivity contribution >= 4 is 5.97 Å². The molecule has 0 aliphatic rings. The third-order valence-electron chi connectivity index (χ3n) is 3.32. The van der Waals surface area contributed by atoms with Crippen LogP contribution in [-0.4, -0.2) is 16.2 Å². The second-order valence-electron chi connectivity index (χ2n) is 5.05.